The average molecular weight is 540 g/mol. The number of fused-ring (bicyclic) bond motifs is 1. The van der Waals surface area contributed by atoms with Crippen LogP contribution in [0.25, 0.3) is 5.57 Å². The van der Waals surface area contributed by atoms with Crippen molar-refractivity contribution in [1.82, 2.24) is 15.0 Å². The number of hydrogen-bond acceptors (Lipinski definition) is 8. The summed E-state index contributed by atoms with van der Waals surface area (Å²) in [5.41, 5.74) is -1.87. The number of carbonyl (C=O) groups excluding carboxylic acids is 1. The summed E-state index contributed by atoms with van der Waals surface area (Å²) in [5.74, 6) is -0.946. The fourth-order valence-electron chi connectivity index (χ4n) is 3.68. The number of esters is 1. The molecule has 2 aliphatic rings. The van der Waals surface area contributed by atoms with Crippen LogP contribution in [0.1, 0.15) is 37.6 Å². The van der Waals surface area contributed by atoms with Gasteiger partial charge in [-0.3, -0.25) is 9.78 Å². The normalized spacial score (nSPS) is 18.2. The Morgan fingerprint density at radius 3 is 2.32 bits per heavy atom. The minimum absolute atomic E-state index is 0.0331. The van der Waals surface area contributed by atoms with Crippen molar-refractivity contribution in [1.29, 1.82) is 0 Å². The molecule has 0 radical (unpaired) electrons. The van der Waals surface area contributed by atoms with Crippen molar-refractivity contribution < 1.29 is 35.9 Å². The van der Waals surface area contributed by atoms with Crippen molar-refractivity contribution in [3.05, 3.63) is 77.5 Å². The van der Waals surface area contributed by atoms with Gasteiger partial charge in [-0.15, -0.1) is 10.2 Å². The summed E-state index contributed by atoms with van der Waals surface area (Å²) in [6.07, 6.45) is -7.37. The molecule has 0 saturated heterocycles. The van der Waals surface area contributed by atoms with Crippen LogP contribution in [0.15, 0.2) is 70.9 Å². The number of hydrogen-bond donors (Lipinski definition) is 1. The second kappa shape index (κ2) is 9.99. The van der Waals surface area contributed by atoms with E-state index in [0.717, 1.165) is 18.2 Å². The Bertz CT molecular complexity index is 1290. The number of nitrogens with zero attached hydrogens (tertiary/aromatic N) is 5. The maximum absolute atomic E-state index is 13.7. The maximum atomic E-state index is 13.7. The first-order chi connectivity index (χ1) is 17.8. The highest BCUT2D eigenvalue weighted by Gasteiger charge is 2.40. The number of pyridine rings is 1. The van der Waals surface area contributed by atoms with Crippen LogP contribution in [0.5, 0.6) is 0 Å². The van der Waals surface area contributed by atoms with Crippen LogP contribution in [0.2, 0.25) is 0 Å². The molecule has 1 N–H and O–H groups in total. The fraction of sp³-hybridized carbons (Fsp3) is 0.333. The molecule has 14 heteroatoms. The second-order valence-corrected chi connectivity index (χ2v) is 8.71. The van der Waals surface area contributed by atoms with Gasteiger partial charge in [0.05, 0.1) is 22.7 Å². The lowest BCUT2D eigenvalue weighted by Gasteiger charge is -2.41. The number of alkyl halides is 6. The number of azo groups is 1. The molecule has 0 fully saturated rings. The standard InChI is InChI=1S/C24H22F6N6O2/c1-13(2)21(37)38-14(3)35-12-15(20-18(24(28,29)30)5-4-10-31-20)11-19-33-34-22(36(19)35)32-17-8-6-16(7-9-17)23(25,26)27/h4-14,22,32H,1-3H3. The Morgan fingerprint density at radius 1 is 1.03 bits per heavy atom. The maximum Gasteiger partial charge on any atom is 0.418 e. The molecular weight excluding hydrogens is 518 g/mol. The van der Waals surface area contributed by atoms with Crippen molar-refractivity contribution in [2.24, 2.45) is 16.1 Å². The zero-order valence-corrected chi connectivity index (χ0v) is 20.2. The van der Waals surface area contributed by atoms with Crippen molar-refractivity contribution in [2.75, 3.05) is 5.32 Å². The van der Waals surface area contributed by atoms with E-state index in [2.05, 4.69) is 20.5 Å². The van der Waals surface area contributed by atoms with E-state index in [9.17, 15) is 31.1 Å². The summed E-state index contributed by atoms with van der Waals surface area (Å²) in [6, 6.07) is 6.27. The van der Waals surface area contributed by atoms with Crippen LogP contribution in [-0.2, 0) is 21.9 Å². The van der Waals surface area contributed by atoms with Gasteiger partial charge in [0.15, 0.2) is 12.0 Å². The Labute approximate surface area is 213 Å². The van der Waals surface area contributed by atoms with Gasteiger partial charge in [-0.25, -0.2) is 10.0 Å². The van der Waals surface area contributed by atoms with Crippen LogP contribution in [0, 0.1) is 5.92 Å². The molecule has 2 atom stereocenters. The number of hydrazine groups is 1. The predicted octanol–water partition coefficient (Wildman–Crippen LogP) is 6.24. The first-order valence-corrected chi connectivity index (χ1v) is 11.3. The minimum atomic E-state index is -4.69. The van der Waals surface area contributed by atoms with E-state index in [4.69, 9.17) is 4.74 Å². The third kappa shape index (κ3) is 5.58. The smallest absolute Gasteiger partial charge is 0.418 e. The van der Waals surface area contributed by atoms with Gasteiger partial charge >= 0.3 is 18.3 Å². The molecule has 38 heavy (non-hydrogen) atoms. The number of ether oxygens (including phenoxy) is 1. The highest BCUT2D eigenvalue weighted by atomic mass is 19.4. The second-order valence-electron chi connectivity index (χ2n) is 8.71. The number of aromatic nitrogens is 1. The van der Waals surface area contributed by atoms with Crippen LogP contribution >= 0.6 is 0 Å². The lowest BCUT2D eigenvalue weighted by Crippen LogP contribution is -2.51. The number of anilines is 1. The molecule has 0 aliphatic carbocycles. The van der Waals surface area contributed by atoms with Crippen LogP contribution in [0.4, 0.5) is 32.0 Å². The number of halogens is 6. The molecule has 8 nitrogen and oxygen atoms in total. The van der Waals surface area contributed by atoms with Gasteiger partial charge in [-0.1, -0.05) is 13.8 Å². The van der Waals surface area contributed by atoms with Crippen LogP contribution < -0.4 is 5.32 Å². The van der Waals surface area contributed by atoms with Crippen molar-refractivity contribution in [3.63, 3.8) is 0 Å². The zero-order chi connectivity index (χ0) is 27.8. The highest BCUT2D eigenvalue weighted by molar-refractivity contribution is 5.75. The quantitative estimate of drug-likeness (QED) is 0.345. The Hall–Kier alpha value is -4.10. The molecule has 0 spiro atoms. The third-order valence-electron chi connectivity index (χ3n) is 5.57. The van der Waals surface area contributed by atoms with Crippen molar-refractivity contribution in [3.8, 4) is 0 Å². The minimum Gasteiger partial charge on any atom is -0.440 e. The average Bonchev–Trinajstić information content (AvgIpc) is 3.25. The van der Waals surface area contributed by atoms with E-state index in [1.54, 1.807) is 13.8 Å². The molecule has 3 heterocycles. The summed E-state index contributed by atoms with van der Waals surface area (Å²) in [7, 11) is 0. The van der Waals surface area contributed by atoms with Gasteiger partial charge < -0.3 is 10.1 Å². The van der Waals surface area contributed by atoms with E-state index in [0.29, 0.717) is 0 Å². The van der Waals surface area contributed by atoms with Gasteiger partial charge in [0.25, 0.3) is 0 Å². The summed E-state index contributed by atoms with van der Waals surface area (Å²) in [6.45, 7) is 4.75. The fourth-order valence-corrected chi connectivity index (χ4v) is 3.68. The summed E-state index contributed by atoms with van der Waals surface area (Å²) in [5, 5.41) is 13.8. The molecule has 0 bridgehead atoms. The third-order valence-corrected chi connectivity index (χ3v) is 5.57. The summed E-state index contributed by atoms with van der Waals surface area (Å²) in [4.78, 5) is 16.2. The van der Waals surface area contributed by atoms with E-state index in [1.807, 2.05) is 0 Å². The molecule has 2 aliphatic heterocycles. The molecule has 4 rings (SSSR count). The SMILES string of the molecule is CC(C)C(=O)OC(C)N1C=C(c2ncccc2C(F)(F)F)C=C2N=NC(Nc3ccc(C(F)(F)F)cc3)N21. The van der Waals surface area contributed by atoms with Gasteiger partial charge in [-0.2, -0.15) is 26.3 Å². The number of rotatable bonds is 6. The van der Waals surface area contributed by atoms with Crippen molar-refractivity contribution in [2.45, 2.75) is 45.6 Å². The molecule has 202 valence electrons. The molecule has 2 aromatic rings. The van der Waals surface area contributed by atoms with Gasteiger partial charge in [-0.05, 0) is 49.4 Å². The van der Waals surface area contributed by atoms with Gasteiger partial charge in [0.2, 0.25) is 6.29 Å². The topological polar surface area (TPSA) is 82.4 Å². The van der Waals surface area contributed by atoms with E-state index in [1.165, 1.54) is 53.6 Å². The van der Waals surface area contributed by atoms with Gasteiger partial charge in [0, 0.05) is 23.7 Å². The predicted molar refractivity (Wildman–Crippen MR) is 123 cm³/mol. The zero-order valence-electron chi connectivity index (χ0n) is 20.2. The lowest BCUT2D eigenvalue weighted by atomic mass is 10.1. The summed E-state index contributed by atoms with van der Waals surface area (Å²) < 4.78 is 85.3. The number of carbonyl (C=O) groups is 1. The largest absolute Gasteiger partial charge is 0.440 e. The lowest BCUT2D eigenvalue weighted by molar-refractivity contribution is -0.172. The number of nitrogens with one attached hydrogen (secondary N) is 1. The first kappa shape index (κ1) is 26.9. The first-order valence-electron chi connectivity index (χ1n) is 11.3. The van der Waals surface area contributed by atoms with E-state index in [-0.39, 0.29) is 22.8 Å². The molecule has 1 aromatic carbocycles. The monoisotopic (exact) mass is 540 g/mol. The molecule has 0 saturated carbocycles. The number of benzene rings is 1. The van der Waals surface area contributed by atoms with E-state index >= 15 is 0 Å². The van der Waals surface area contributed by atoms with Gasteiger partial charge in [0.1, 0.15) is 0 Å². The van der Waals surface area contributed by atoms with Crippen LogP contribution in [0.3, 0.4) is 0 Å². The molecule has 1 aromatic heterocycles. The Morgan fingerprint density at radius 2 is 1.71 bits per heavy atom. The number of allylic oxidation sites excluding steroid dienone is 2. The molecule has 2 unspecified atom stereocenters. The molecule has 0 amide bonds. The highest BCUT2D eigenvalue weighted by Crippen LogP contribution is 2.39. The molecular formula is C24H22F6N6O2. The Kier molecular flexibility index (Phi) is 7.08. The van der Waals surface area contributed by atoms with Crippen LogP contribution in [-0.4, -0.2) is 33.5 Å². The van der Waals surface area contributed by atoms with Crippen molar-refractivity contribution >= 4 is 17.2 Å². The van der Waals surface area contributed by atoms with E-state index < -0.39 is 47.9 Å². The summed E-state index contributed by atoms with van der Waals surface area (Å²) >= 11 is 0. The Balaban J connectivity index is 1.69.